The lowest BCUT2D eigenvalue weighted by atomic mass is 9.91. The first-order valence-corrected chi connectivity index (χ1v) is 5.42. The van der Waals surface area contributed by atoms with Gasteiger partial charge in [0.1, 0.15) is 0 Å². The average Bonchev–Trinajstić information content (AvgIpc) is 2.42. The van der Waals surface area contributed by atoms with E-state index in [2.05, 4.69) is 13.8 Å². The average molecular weight is 167 g/mol. The van der Waals surface area contributed by atoms with E-state index in [9.17, 15) is 0 Å². The molecule has 2 rings (SSSR count). The van der Waals surface area contributed by atoms with E-state index in [0.29, 0.717) is 6.04 Å². The lowest BCUT2D eigenvalue weighted by Crippen LogP contribution is -2.17. The molecule has 2 aliphatic carbocycles. The molecule has 0 radical (unpaired) electrons. The molecule has 0 bridgehead atoms. The Morgan fingerprint density at radius 2 is 1.50 bits per heavy atom. The standard InChI is InChI=1S/C11H21N/c1-7(2)8-3-9-5-11(12)6-10(9)4-8/h7-11H,3-6,12H2,1-2H3. The maximum absolute atomic E-state index is 5.95. The zero-order valence-corrected chi connectivity index (χ0v) is 8.29. The van der Waals surface area contributed by atoms with Crippen LogP contribution in [0.15, 0.2) is 0 Å². The minimum Gasteiger partial charge on any atom is -0.328 e. The van der Waals surface area contributed by atoms with Crippen molar-refractivity contribution in [3.8, 4) is 0 Å². The summed E-state index contributed by atoms with van der Waals surface area (Å²) < 4.78 is 0. The van der Waals surface area contributed by atoms with Gasteiger partial charge >= 0.3 is 0 Å². The molecule has 12 heavy (non-hydrogen) atoms. The van der Waals surface area contributed by atoms with Gasteiger partial charge in [-0.25, -0.2) is 0 Å². The summed E-state index contributed by atoms with van der Waals surface area (Å²) in [6.45, 7) is 4.73. The summed E-state index contributed by atoms with van der Waals surface area (Å²) >= 11 is 0. The lowest BCUT2D eigenvalue weighted by Gasteiger charge is -2.15. The predicted molar refractivity (Wildman–Crippen MR) is 51.8 cm³/mol. The molecule has 0 spiro atoms. The van der Waals surface area contributed by atoms with Crippen LogP contribution in [0.1, 0.15) is 39.5 Å². The third-order valence-electron chi connectivity index (χ3n) is 4.03. The Morgan fingerprint density at radius 3 is 1.92 bits per heavy atom. The van der Waals surface area contributed by atoms with E-state index in [-0.39, 0.29) is 0 Å². The molecule has 0 aromatic heterocycles. The number of nitrogens with two attached hydrogens (primary N) is 1. The zero-order chi connectivity index (χ0) is 8.72. The van der Waals surface area contributed by atoms with E-state index in [0.717, 1.165) is 23.7 Å². The van der Waals surface area contributed by atoms with Crippen molar-refractivity contribution in [3.05, 3.63) is 0 Å². The highest BCUT2D eigenvalue weighted by atomic mass is 14.7. The molecule has 0 saturated heterocycles. The van der Waals surface area contributed by atoms with E-state index >= 15 is 0 Å². The molecule has 2 aliphatic rings. The number of hydrogen-bond donors (Lipinski definition) is 1. The van der Waals surface area contributed by atoms with E-state index in [1.54, 1.807) is 0 Å². The van der Waals surface area contributed by atoms with Crippen LogP contribution in [-0.4, -0.2) is 6.04 Å². The van der Waals surface area contributed by atoms with Crippen LogP contribution in [0.25, 0.3) is 0 Å². The van der Waals surface area contributed by atoms with Gasteiger partial charge in [0.15, 0.2) is 0 Å². The van der Waals surface area contributed by atoms with Crippen LogP contribution in [0.3, 0.4) is 0 Å². The van der Waals surface area contributed by atoms with Gasteiger partial charge in [0.2, 0.25) is 0 Å². The van der Waals surface area contributed by atoms with Gasteiger partial charge in [0, 0.05) is 6.04 Å². The second kappa shape index (κ2) is 3.02. The molecule has 0 heterocycles. The topological polar surface area (TPSA) is 26.0 Å². The highest BCUT2D eigenvalue weighted by molar-refractivity contribution is 4.93. The fraction of sp³-hybridized carbons (Fsp3) is 1.00. The maximum atomic E-state index is 5.95. The molecule has 2 atom stereocenters. The van der Waals surface area contributed by atoms with Crippen LogP contribution in [0.4, 0.5) is 0 Å². The van der Waals surface area contributed by atoms with Gasteiger partial charge in [-0.3, -0.25) is 0 Å². The van der Waals surface area contributed by atoms with Gasteiger partial charge in [0.05, 0.1) is 0 Å². The molecule has 1 heteroatoms. The van der Waals surface area contributed by atoms with Gasteiger partial charge in [-0.2, -0.15) is 0 Å². The summed E-state index contributed by atoms with van der Waals surface area (Å²) in [5, 5.41) is 0. The Hall–Kier alpha value is -0.0400. The molecular formula is C11H21N. The largest absolute Gasteiger partial charge is 0.328 e. The minimum absolute atomic E-state index is 0.535. The van der Waals surface area contributed by atoms with Gasteiger partial charge in [-0.1, -0.05) is 13.8 Å². The molecule has 2 N–H and O–H groups in total. The van der Waals surface area contributed by atoms with Crippen molar-refractivity contribution in [1.29, 1.82) is 0 Å². The Balaban J connectivity index is 1.93. The van der Waals surface area contributed by atoms with Crippen LogP contribution < -0.4 is 5.73 Å². The first kappa shape index (κ1) is 8.55. The van der Waals surface area contributed by atoms with Gasteiger partial charge in [0.25, 0.3) is 0 Å². The molecule has 0 aromatic rings. The fourth-order valence-electron chi connectivity index (χ4n) is 3.25. The normalized spacial score (nSPS) is 47.0. The number of fused-ring (bicyclic) bond motifs is 1. The Bertz CT molecular complexity index is 150. The van der Waals surface area contributed by atoms with Gasteiger partial charge in [-0.15, -0.1) is 0 Å². The summed E-state index contributed by atoms with van der Waals surface area (Å²) in [4.78, 5) is 0. The van der Waals surface area contributed by atoms with Gasteiger partial charge in [-0.05, 0) is 49.4 Å². The van der Waals surface area contributed by atoms with E-state index in [4.69, 9.17) is 5.73 Å². The summed E-state index contributed by atoms with van der Waals surface area (Å²) in [7, 11) is 0. The third kappa shape index (κ3) is 1.39. The second-order valence-electron chi connectivity index (χ2n) is 5.23. The first-order chi connectivity index (χ1) is 5.66. The second-order valence-corrected chi connectivity index (χ2v) is 5.23. The SMILES string of the molecule is CC(C)C1CC2CC(N)CC2C1. The van der Waals surface area contributed by atoms with Gasteiger partial charge < -0.3 is 5.73 Å². The highest BCUT2D eigenvalue weighted by Gasteiger charge is 2.40. The number of hydrogen-bond acceptors (Lipinski definition) is 1. The highest BCUT2D eigenvalue weighted by Crippen LogP contribution is 2.48. The van der Waals surface area contributed by atoms with Crippen LogP contribution in [0.5, 0.6) is 0 Å². The van der Waals surface area contributed by atoms with E-state index in [1.165, 1.54) is 25.7 Å². The summed E-state index contributed by atoms with van der Waals surface area (Å²) in [5.41, 5.74) is 5.95. The molecule has 1 nitrogen and oxygen atoms in total. The molecule has 0 aliphatic heterocycles. The lowest BCUT2D eigenvalue weighted by molar-refractivity contribution is 0.361. The molecule has 70 valence electrons. The summed E-state index contributed by atoms with van der Waals surface area (Å²) in [6, 6.07) is 0.535. The van der Waals surface area contributed by atoms with Crippen molar-refractivity contribution in [2.45, 2.75) is 45.6 Å². The van der Waals surface area contributed by atoms with Crippen molar-refractivity contribution in [2.24, 2.45) is 29.4 Å². The Kier molecular flexibility index (Phi) is 2.16. The molecule has 0 aromatic carbocycles. The third-order valence-corrected chi connectivity index (χ3v) is 4.03. The van der Waals surface area contributed by atoms with Crippen molar-refractivity contribution < 1.29 is 0 Å². The van der Waals surface area contributed by atoms with Crippen LogP contribution >= 0.6 is 0 Å². The van der Waals surface area contributed by atoms with E-state index in [1.807, 2.05) is 0 Å². The van der Waals surface area contributed by atoms with Crippen molar-refractivity contribution in [2.75, 3.05) is 0 Å². The van der Waals surface area contributed by atoms with E-state index < -0.39 is 0 Å². The Labute approximate surface area is 75.7 Å². The maximum Gasteiger partial charge on any atom is 0.00443 e. The molecule has 2 unspecified atom stereocenters. The van der Waals surface area contributed by atoms with Crippen molar-refractivity contribution in [3.63, 3.8) is 0 Å². The molecule has 2 saturated carbocycles. The van der Waals surface area contributed by atoms with Crippen molar-refractivity contribution >= 4 is 0 Å². The zero-order valence-electron chi connectivity index (χ0n) is 8.29. The molecule has 0 amide bonds. The number of rotatable bonds is 1. The first-order valence-electron chi connectivity index (χ1n) is 5.42. The molecular weight excluding hydrogens is 146 g/mol. The summed E-state index contributed by atoms with van der Waals surface area (Å²) in [6.07, 6.45) is 5.56. The monoisotopic (exact) mass is 167 g/mol. The quantitative estimate of drug-likeness (QED) is 0.637. The smallest absolute Gasteiger partial charge is 0.00443 e. The van der Waals surface area contributed by atoms with Crippen molar-refractivity contribution in [1.82, 2.24) is 0 Å². The minimum atomic E-state index is 0.535. The fourth-order valence-corrected chi connectivity index (χ4v) is 3.25. The molecule has 2 fully saturated rings. The predicted octanol–water partition coefficient (Wildman–Crippen LogP) is 2.41. The Morgan fingerprint density at radius 1 is 1.00 bits per heavy atom. The summed E-state index contributed by atoms with van der Waals surface area (Å²) in [5.74, 6) is 3.89. The van der Waals surface area contributed by atoms with Crippen LogP contribution in [0.2, 0.25) is 0 Å². The van der Waals surface area contributed by atoms with Crippen LogP contribution in [0, 0.1) is 23.7 Å². The van der Waals surface area contributed by atoms with Crippen LogP contribution in [-0.2, 0) is 0 Å².